The van der Waals surface area contributed by atoms with Crippen LogP contribution in [0.2, 0.25) is 0 Å². The van der Waals surface area contributed by atoms with Crippen molar-refractivity contribution in [3.8, 4) is 0 Å². The number of halogens is 2. The molecule has 1 aromatic heterocycles. The molecular formula is C9H12Cl2N2OS. The summed E-state index contributed by atoms with van der Waals surface area (Å²) in [6.45, 7) is 3.57. The lowest BCUT2D eigenvalue weighted by Crippen LogP contribution is -2.32. The summed E-state index contributed by atoms with van der Waals surface area (Å²) < 4.78 is 0. The number of rotatable bonds is 4. The van der Waals surface area contributed by atoms with E-state index in [1.165, 1.54) is 11.3 Å². The Hall–Kier alpha value is -0.320. The highest BCUT2D eigenvalue weighted by Gasteiger charge is 2.27. The molecule has 1 aromatic rings. The summed E-state index contributed by atoms with van der Waals surface area (Å²) in [5, 5.41) is 5.09. The number of carbonyl (C=O) groups excluding carboxylic acids is 1. The Morgan fingerprint density at radius 3 is 2.73 bits per heavy atom. The van der Waals surface area contributed by atoms with Crippen molar-refractivity contribution in [2.75, 3.05) is 11.2 Å². The number of amides is 1. The maximum Gasteiger partial charge on any atom is 0.233 e. The Labute approximate surface area is 103 Å². The van der Waals surface area contributed by atoms with E-state index < -0.39 is 5.41 Å². The van der Waals surface area contributed by atoms with Crippen molar-refractivity contribution in [3.63, 3.8) is 0 Å². The third kappa shape index (κ3) is 3.33. The predicted molar refractivity (Wildman–Crippen MR) is 64.8 cm³/mol. The zero-order valence-corrected chi connectivity index (χ0v) is 10.8. The monoisotopic (exact) mass is 266 g/mol. The van der Waals surface area contributed by atoms with E-state index in [0.29, 0.717) is 11.0 Å². The van der Waals surface area contributed by atoms with Gasteiger partial charge in [0.2, 0.25) is 5.91 Å². The van der Waals surface area contributed by atoms with Crippen LogP contribution in [0.1, 0.15) is 19.5 Å². The predicted octanol–water partition coefficient (Wildman–Crippen LogP) is 3.09. The van der Waals surface area contributed by atoms with E-state index in [1.807, 2.05) is 5.38 Å². The minimum atomic E-state index is -0.589. The number of hydrogen-bond donors (Lipinski definition) is 1. The van der Waals surface area contributed by atoms with E-state index in [4.69, 9.17) is 23.2 Å². The van der Waals surface area contributed by atoms with Crippen LogP contribution in [0, 0.1) is 5.41 Å². The molecule has 0 aliphatic heterocycles. The average molecular weight is 267 g/mol. The number of nitrogens with one attached hydrogen (secondary N) is 1. The zero-order valence-electron chi connectivity index (χ0n) is 8.51. The Balaban J connectivity index is 2.66. The second kappa shape index (κ2) is 5.14. The number of aromatic nitrogens is 1. The molecule has 0 saturated heterocycles. The summed E-state index contributed by atoms with van der Waals surface area (Å²) in [5.74, 6) is 0.491. The van der Waals surface area contributed by atoms with E-state index in [2.05, 4.69) is 10.3 Å². The molecule has 0 aromatic carbocycles. The molecule has 0 fully saturated rings. The average Bonchev–Trinajstić information content (AvgIpc) is 2.65. The third-order valence-electron chi connectivity index (χ3n) is 1.86. The van der Waals surface area contributed by atoms with Crippen LogP contribution in [0.4, 0.5) is 5.13 Å². The molecule has 0 spiro atoms. The van der Waals surface area contributed by atoms with Crippen LogP contribution in [-0.4, -0.2) is 16.8 Å². The van der Waals surface area contributed by atoms with Crippen LogP contribution in [0.3, 0.4) is 0 Å². The summed E-state index contributed by atoms with van der Waals surface area (Å²) >= 11 is 12.7. The highest BCUT2D eigenvalue weighted by molar-refractivity contribution is 7.14. The Morgan fingerprint density at radius 1 is 1.60 bits per heavy atom. The SMILES string of the molecule is CC(C)(CCl)C(=O)Nc1nc(CCl)cs1. The van der Waals surface area contributed by atoms with E-state index in [9.17, 15) is 4.79 Å². The molecule has 0 radical (unpaired) electrons. The molecule has 0 saturated carbocycles. The Bertz CT molecular complexity index is 352. The van der Waals surface area contributed by atoms with Gasteiger partial charge >= 0.3 is 0 Å². The smallest absolute Gasteiger partial charge is 0.233 e. The lowest BCUT2D eigenvalue weighted by atomic mass is 9.95. The fourth-order valence-corrected chi connectivity index (χ4v) is 1.81. The fourth-order valence-electron chi connectivity index (χ4n) is 0.753. The summed E-state index contributed by atoms with van der Waals surface area (Å²) in [5.41, 5.74) is 0.176. The molecule has 1 amide bonds. The van der Waals surface area contributed by atoms with Crippen molar-refractivity contribution in [1.29, 1.82) is 0 Å². The van der Waals surface area contributed by atoms with Crippen LogP contribution in [0.5, 0.6) is 0 Å². The molecule has 0 aliphatic carbocycles. The highest BCUT2D eigenvalue weighted by atomic mass is 35.5. The number of alkyl halides is 2. The zero-order chi connectivity index (χ0) is 11.5. The van der Waals surface area contributed by atoms with Crippen molar-refractivity contribution < 1.29 is 4.79 Å². The van der Waals surface area contributed by atoms with Crippen molar-refractivity contribution in [1.82, 2.24) is 4.98 Å². The number of carbonyl (C=O) groups is 1. The van der Waals surface area contributed by atoms with Crippen LogP contribution in [0.15, 0.2) is 5.38 Å². The van der Waals surface area contributed by atoms with Gasteiger partial charge in [-0.05, 0) is 13.8 Å². The summed E-state index contributed by atoms with van der Waals surface area (Å²) in [7, 11) is 0. The van der Waals surface area contributed by atoms with Gasteiger partial charge < -0.3 is 5.32 Å². The first-order chi connectivity index (χ1) is 6.99. The summed E-state index contributed by atoms with van der Waals surface area (Å²) in [6, 6.07) is 0. The molecule has 6 heteroatoms. The van der Waals surface area contributed by atoms with Gasteiger partial charge in [-0.3, -0.25) is 4.79 Å². The van der Waals surface area contributed by atoms with E-state index in [0.717, 1.165) is 5.69 Å². The minimum absolute atomic E-state index is 0.132. The van der Waals surface area contributed by atoms with Crippen LogP contribution >= 0.6 is 34.5 Å². The van der Waals surface area contributed by atoms with Crippen molar-refractivity contribution in [2.24, 2.45) is 5.41 Å². The van der Waals surface area contributed by atoms with Crippen molar-refractivity contribution >= 4 is 45.6 Å². The van der Waals surface area contributed by atoms with Crippen molar-refractivity contribution in [2.45, 2.75) is 19.7 Å². The second-order valence-electron chi connectivity index (χ2n) is 3.75. The first-order valence-electron chi connectivity index (χ1n) is 4.37. The van der Waals surface area contributed by atoms with E-state index >= 15 is 0 Å². The minimum Gasteiger partial charge on any atom is -0.301 e. The summed E-state index contributed by atoms with van der Waals surface area (Å²) in [6.07, 6.45) is 0. The van der Waals surface area contributed by atoms with E-state index in [-0.39, 0.29) is 11.8 Å². The van der Waals surface area contributed by atoms with E-state index in [1.54, 1.807) is 13.8 Å². The van der Waals surface area contributed by atoms with Gasteiger partial charge in [0.15, 0.2) is 5.13 Å². The largest absolute Gasteiger partial charge is 0.301 e. The number of hydrogen-bond acceptors (Lipinski definition) is 3. The third-order valence-corrected chi connectivity index (χ3v) is 3.61. The van der Waals surface area contributed by atoms with Gasteiger partial charge in [-0.25, -0.2) is 4.98 Å². The molecule has 1 heterocycles. The molecule has 15 heavy (non-hydrogen) atoms. The highest BCUT2D eigenvalue weighted by Crippen LogP contribution is 2.22. The Kier molecular flexibility index (Phi) is 4.37. The van der Waals surface area contributed by atoms with Gasteiger partial charge in [-0.15, -0.1) is 34.5 Å². The summed E-state index contributed by atoms with van der Waals surface area (Å²) in [4.78, 5) is 15.8. The van der Waals surface area contributed by atoms with Gasteiger partial charge in [0.25, 0.3) is 0 Å². The maximum absolute atomic E-state index is 11.7. The lowest BCUT2D eigenvalue weighted by molar-refractivity contribution is -0.122. The molecule has 1 rings (SSSR count). The first kappa shape index (κ1) is 12.7. The lowest BCUT2D eigenvalue weighted by Gasteiger charge is -2.18. The molecule has 0 atom stereocenters. The normalized spacial score (nSPS) is 11.5. The number of nitrogens with zero attached hydrogens (tertiary/aromatic N) is 1. The molecule has 1 N–H and O–H groups in total. The molecule has 3 nitrogen and oxygen atoms in total. The molecule has 0 aliphatic rings. The quantitative estimate of drug-likeness (QED) is 0.852. The Morgan fingerprint density at radius 2 is 2.27 bits per heavy atom. The van der Waals surface area contributed by atoms with Gasteiger partial charge in [-0.2, -0.15) is 0 Å². The molecule has 0 bridgehead atoms. The second-order valence-corrected chi connectivity index (χ2v) is 5.14. The number of anilines is 1. The van der Waals surface area contributed by atoms with Gasteiger partial charge in [-0.1, -0.05) is 0 Å². The van der Waals surface area contributed by atoms with Crippen LogP contribution < -0.4 is 5.32 Å². The van der Waals surface area contributed by atoms with Gasteiger partial charge in [0.05, 0.1) is 17.0 Å². The molecule has 84 valence electrons. The standard InChI is InChI=1S/C9H12Cl2N2OS/c1-9(2,5-11)7(14)13-8-12-6(3-10)4-15-8/h4H,3,5H2,1-2H3,(H,12,13,14). The first-order valence-corrected chi connectivity index (χ1v) is 6.32. The number of thiazole rings is 1. The molecular weight excluding hydrogens is 255 g/mol. The van der Waals surface area contributed by atoms with Gasteiger partial charge in [0.1, 0.15) is 0 Å². The topological polar surface area (TPSA) is 42.0 Å². The van der Waals surface area contributed by atoms with Gasteiger partial charge in [0, 0.05) is 11.3 Å². The van der Waals surface area contributed by atoms with Crippen LogP contribution in [0.25, 0.3) is 0 Å². The fraction of sp³-hybridized carbons (Fsp3) is 0.556. The molecule has 0 unspecified atom stereocenters. The van der Waals surface area contributed by atoms with Crippen LogP contribution in [-0.2, 0) is 10.7 Å². The van der Waals surface area contributed by atoms with Crippen molar-refractivity contribution in [3.05, 3.63) is 11.1 Å². The maximum atomic E-state index is 11.7.